The van der Waals surface area contributed by atoms with Gasteiger partial charge in [0.1, 0.15) is 0 Å². The molecule has 1 heterocycles. The summed E-state index contributed by atoms with van der Waals surface area (Å²) in [7, 11) is 0. The molecular formula is C9H17N5S. The molecule has 0 aliphatic heterocycles. The van der Waals surface area contributed by atoms with E-state index in [4.69, 9.17) is 9.60 Å². The Hall–Kier alpha value is -1.04. The van der Waals surface area contributed by atoms with Gasteiger partial charge in [0.15, 0.2) is 5.16 Å². The minimum atomic E-state index is -3.11. The summed E-state index contributed by atoms with van der Waals surface area (Å²) >= 11 is 1.18. The molecule has 0 aliphatic rings. The molecule has 2 N–H and O–H groups in total. The molecule has 0 radical (unpaired) electrons. The fraction of sp³-hybridized carbons (Fsp3) is 0.667. The first-order valence-corrected chi connectivity index (χ1v) is 5.49. The highest BCUT2D eigenvalue weighted by molar-refractivity contribution is 7.98. The lowest BCUT2D eigenvalue weighted by molar-refractivity contribution is 0.835. The van der Waals surface area contributed by atoms with Crippen molar-refractivity contribution in [3.63, 3.8) is 0 Å². The number of hydrogen-bond donors (Lipinski definition) is 2. The number of hydrogen-bond acceptors (Lipinski definition) is 6. The summed E-state index contributed by atoms with van der Waals surface area (Å²) in [5.41, 5.74) is 0. The van der Waals surface area contributed by atoms with E-state index in [-0.39, 0.29) is 17.1 Å². The van der Waals surface area contributed by atoms with Crippen LogP contribution in [0.2, 0.25) is 0 Å². The summed E-state index contributed by atoms with van der Waals surface area (Å²) in [5.74, 6) is -0.111. The average Bonchev–Trinajstić information content (AvgIpc) is 2.36. The first kappa shape index (κ1) is 5.34. The minimum absolute atomic E-state index is 0.169. The van der Waals surface area contributed by atoms with Crippen LogP contribution in [0.3, 0.4) is 0 Å². The van der Waals surface area contributed by atoms with E-state index >= 15 is 0 Å². The van der Waals surface area contributed by atoms with E-state index in [1.165, 1.54) is 11.8 Å². The quantitative estimate of drug-likeness (QED) is 0.758. The van der Waals surface area contributed by atoms with Crippen molar-refractivity contribution in [1.29, 1.82) is 0 Å². The predicted molar refractivity (Wildman–Crippen MR) is 64.5 cm³/mol. The third-order valence-electron chi connectivity index (χ3n) is 1.37. The molecule has 0 saturated heterocycles. The predicted octanol–water partition coefficient (Wildman–Crippen LogP) is 1.85. The molecule has 0 spiro atoms. The minimum Gasteiger partial charge on any atom is -0.354 e. The van der Waals surface area contributed by atoms with E-state index in [0.29, 0.717) is 6.54 Å². The Balaban J connectivity index is 3.27. The van der Waals surface area contributed by atoms with Gasteiger partial charge in [0.05, 0.1) is 1.37 Å². The topological polar surface area (TPSA) is 62.7 Å². The van der Waals surface area contributed by atoms with Crippen molar-refractivity contribution in [2.45, 2.75) is 31.8 Å². The monoisotopic (exact) mass is 234 g/mol. The first-order chi connectivity index (χ1) is 9.94. The van der Waals surface area contributed by atoms with E-state index in [9.17, 15) is 0 Å². The van der Waals surface area contributed by atoms with Crippen LogP contribution < -0.4 is 10.6 Å². The Morgan fingerprint density at radius 3 is 2.73 bits per heavy atom. The van der Waals surface area contributed by atoms with Crippen molar-refractivity contribution in [1.82, 2.24) is 15.0 Å². The fourth-order valence-corrected chi connectivity index (χ4v) is 1.21. The van der Waals surface area contributed by atoms with Gasteiger partial charge in [-0.3, -0.25) is 0 Å². The van der Waals surface area contributed by atoms with Gasteiger partial charge in [0.2, 0.25) is 11.9 Å². The van der Waals surface area contributed by atoms with Gasteiger partial charge in [-0.2, -0.15) is 15.0 Å². The average molecular weight is 234 g/mol. The number of rotatable bonds is 5. The van der Waals surface area contributed by atoms with Crippen molar-refractivity contribution in [3.05, 3.63) is 0 Å². The zero-order valence-electron chi connectivity index (χ0n) is 15.5. The maximum Gasteiger partial charge on any atom is 0.228 e. The SMILES string of the molecule is [2H]C([2H])([2H])C([2H])(Nc1nc(NCC)nc(SC)n1)C([2H])([2H])[2H]. The van der Waals surface area contributed by atoms with Gasteiger partial charge in [-0.1, -0.05) is 11.8 Å². The van der Waals surface area contributed by atoms with Crippen LogP contribution in [0.1, 0.15) is 30.2 Å². The first-order valence-electron chi connectivity index (χ1n) is 7.76. The molecule has 0 aliphatic carbocycles. The summed E-state index contributed by atoms with van der Waals surface area (Å²) in [6.45, 7) is -3.89. The van der Waals surface area contributed by atoms with Crippen molar-refractivity contribution < 1.29 is 9.60 Å². The summed E-state index contributed by atoms with van der Waals surface area (Å²) in [6, 6.07) is -2.93. The Kier molecular flexibility index (Phi) is 2.04. The Labute approximate surface area is 104 Å². The lowest BCUT2D eigenvalue weighted by Gasteiger charge is -2.10. The van der Waals surface area contributed by atoms with E-state index in [2.05, 4.69) is 25.6 Å². The van der Waals surface area contributed by atoms with Crippen molar-refractivity contribution >= 4 is 23.7 Å². The van der Waals surface area contributed by atoms with Crippen LogP contribution in [0.25, 0.3) is 0 Å². The summed E-state index contributed by atoms with van der Waals surface area (Å²) < 4.78 is 52.0. The number of anilines is 2. The highest BCUT2D eigenvalue weighted by Gasteiger charge is 2.05. The van der Waals surface area contributed by atoms with Gasteiger partial charge in [-0.15, -0.1) is 0 Å². The van der Waals surface area contributed by atoms with Gasteiger partial charge in [-0.25, -0.2) is 0 Å². The molecule has 1 aromatic rings. The number of nitrogens with one attached hydrogen (secondary N) is 2. The molecule has 5 nitrogen and oxygen atoms in total. The van der Waals surface area contributed by atoms with Crippen molar-refractivity contribution in [3.8, 4) is 0 Å². The Morgan fingerprint density at radius 2 is 2.13 bits per heavy atom. The molecule has 84 valence electrons. The largest absolute Gasteiger partial charge is 0.354 e. The normalized spacial score (nSPS) is 19.7. The Bertz CT molecular complexity index is 504. The third-order valence-corrected chi connectivity index (χ3v) is 1.92. The van der Waals surface area contributed by atoms with Crippen LogP contribution in [0.15, 0.2) is 5.16 Å². The zero-order valence-corrected chi connectivity index (χ0v) is 9.27. The molecule has 0 aromatic carbocycles. The number of thioether (sulfide) groups is 1. The molecule has 0 atom stereocenters. The van der Waals surface area contributed by atoms with Crippen LogP contribution >= 0.6 is 11.8 Å². The maximum atomic E-state index is 7.90. The maximum absolute atomic E-state index is 7.90. The zero-order chi connectivity index (χ0) is 17.2. The van der Waals surface area contributed by atoms with Crippen LogP contribution in [-0.4, -0.2) is 33.8 Å². The van der Waals surface area contributed by atoms with Crippen LogP contribution in [0, 0.1) is 0 Å². The number of aromatic nitrogens is 3. The molecule has 0 saturated carbocycles. The summed E-state index contributed by atoms with van der Waals surface area (Å²) in [4.78, 5) is 11.9. The van der Waals surface area contributed by atoms with Crippen LogP contribution in [-0.2, 0) is 0 Å². The fourth-order valence-electron chi connectivity index (χ4n) is 0.853. The van der Waals surface area contributed by atoms with Crippen molar-refractivity contribution in [2.24, 2.45) is 0 Å². The van der Waals surface area contributed by atoms with E-state index in [1.54, 1.807) is 6.26 Å². The van der Waals surface area contributed by atoms with Gasteiger partial charge in [0, 0.05) is 20.8 Å². The van der Waals surface area contributed by atoms with Gasteiger partial charge in [-0.05, 0) is 26.9 Å². The standard InChI is InChI=1S/C9H17N5S/c1-5-10-7-12-8(11-6(2)3)14-9(13-7)15-4/h6H,5H2,1-4H3,(H2,10,11,12,13,14)/i2D3,3D3,6D. The van der Waals surface area contributed by atoms with Crippen LogP contribution in [0.4, 0.5) is 11.9 Å². The Morgan fingerprint density at radius 1 is 1.40 bits per heavy atom. The molecular weight excluding hydrogens is 210 g/mol. The molecule has 0 bridgehead atoms. The smallest absolute Gasteiger partial charge is 0.228 e. The molecule has 1 aromatic heterocycles. The molecule has 15 heavy (non-hydrogen) atoms. The number of nitrogens with zero attached hydrogens (tertiary/aromatic N) is 3. The molecule has 6 heteroatoms. The lowest BCUT2D eigenvalue weighted by atomic mass is 10.4. The highest BCUT2D eigenvalue weighted by atomic mass is 32.2. The van der Waals surface area contributed by atoms with Gasteiger partial charge in [0.25, 0.3) is 0 Å². The van der Waals surface area contributed by atoms with E-state index in [1.807, 2.05) is 6.92 Å². The van der Waals surface area contributed by atoms with E-state index in [0.717, 1.165) is 0 Å². The molecule has 0 amide bonds. The van der Waals surface area contributed by atoms with Crippen LogP contribution in [0.5, 0.6) is 0 Å². The van der Waals surface area contributed by atoms with Gasteiger partial charge < -0.3 is 10.6 Å². The lowest BCUT2D eigenvalue weighted by Crippen LogP contribution is -2.15. The second kappa shape index (κ2) is 5.75. The molecule has 1 rings (SSSR count). The summed E-state index contributed by atoms with van der Waals surface area (Å²) in [5, 5.41) is 5.23. The molecule has 0 fully saturated rings. The van der Waals surface area contributed by atoms with E-state index < -0.39 is 19.7 Å². The molecule has 0 unspecified atom stereocenters. The highest BCUT2D eigenvalue weighted by Crippen LogP contribution is 2.13. The van der Waals surface area contributed by atoms with Crippen molar-refractivity contribution in [2.75, 3.05) is 23.4 Å². The third kappa shape index (κ3) is 3.91. The summed E-state index contributed by atoms with van der Waals surface area (Å²) in [6.07, 6.45) is 1.70. The second-order valence-corrected chi connectivity index (χ2v) is 3.27. The van der Waals surface area contributed by atoms with Gasteiger partial charge >= 0.3 is 0 Å². The second-order valence-electron chi connectivity index (χ2n) is 2.50.